The molecule has 4 fully saturated rings. The summed E-state index contributed by atoms with van der Waals surface area (Å²) >= 11 is 9.04. The Hall–Kier alpha value is -2.30. The highest BCUT2D eigenvalue weighted by molar-refractivity contribution is 8.44. The smallest absolute Gasteiger partial charge is 0.386 e. The summed E-state index contributed by atoms with van der Waals surface area (Å²) in [4.78, 5) is 35.3. The minimum absolute atomic E-state index is 0.0229. The van der Waals surface area contributed by atoms with Gasteiger partial charge in [0.25, 0.3) is 5.56 Å². The van der Waals surface area contributed by atoms with Crippen LogP contribution in [0.25, 0.3) is 22.3 Å². The zero-order chi connectivity index (χ0) is 33.0. The molecule has 1 saturated carbocycles. The first-order valence-corrected chi connectivity index (χ1v) is 20.1. The van der Waals surface area contributed by atoms with Gasteiger partial charge in [0.05, 0.1) is 37.0 Å². The molecule has 4 aliphatic rings. The molecule has 19 nitrogen and oxygen atoms in total. The van der Waals surface area contributed by atoms with Crippen molar-refractivity contribution in [1.82, 2.24) is 39.0 Å². The lowest BCUT2D eigenvalue weighted by atomic mass is 9.59. The third kappa shape index (κ3) is 4.89. The fourth-order valence-electron chi connectivity index (χ4n) is 6.84. The summed E-state index contributed by atoms with van der Waals surface area (Å²) in [5, 5.41) is 7.86. The van der Waals surface area contributed by atoms with Crippen LogP contribution < -0.4 is 17.0 Å². The third-order valence-electron chi connectivity index (χ3n) is 8.70. The highest BCUT2D eigenvalue weighted by Gasteiger charge is 2.83. The number of nitrogens with zero attached hydrogens (tertiary/aromatic N) is 7. The number of hydrogen-bond donors (Lipinski definition) is 6. The van der Waals surface area contributed by atoms with Crippen LogP contribution in [0.15, 0.2) is 23.8 Å². The van der Waals surface area contributed by atoms with E-state index in [9.17, 15) is 19.0 Å². The number of nitrogens with two attached hydrogens (primary N) is 2. The topological polar surface area (TPSA) is 260 Å². The highest BCUT2D eigenvalue weighted by atomic mass is 32.7. The molecule has 25 heteroatoms. The molecule has 3 unspecified atom stereocenters. The summed E-state index contributed by atoms with van der Waals surface area (Å²) in [5.74, 6) is -1.87. The molecule has 47 heavy (non-hydrogen) atoms. The first-order chi connectivity index (χ1) is 22.4. The molecule has 0 spiro atoms. The molecule has 4 aromatic rings. The Morgan fingerprint density at radius 3 is 2.74 bits per heavy atom. The Bertz CT molecular complexity index is 2060. The minimum Gasteiger partial charge on any atom is -0.395 e. The standard InChI is InChI=1S/C22H25FN10O9P2S3/c23-8-7(1-34)47-19(33-6-29-10-16(33)30-20(25)31-17(10)35)11(8)41-44(37,46)38-3-21-2-22(42-43(36)45)13(21)12(39-22)18(40-21)32-5-28-9-14(24)26-4-27-15(9)32/h4-8,11-13,18-19,34,43H,1-3H2,(H,36,45)(H,37,46)(H2,24,26,27)(H3,25,30,31,35)/t7-,8+,11-,12-,13+,18-,19-,21-,22?,44?/m1/s1. The predicted octanol–water partition coefficient (Wildman–Crippen LogP) is 1.23. The Balaban J connectivity index is 1.05. The van der Waals surface area contributed by atoms with Gasteiger partial charge < -0.3 is 26.0 Å². The summed E-state index contributed by atoms with van der Waals surface area (Å²) in [7, 11) is -2.74. The summed E-state index contributed by atoms with van der Waals surface area (Å²) in [5.41, 5.74) is 10.6. The van der Waals surface area contributed by atoms with Crippen LogP contribution in [-0.4, -0.2) is 92.4 Å². The number of rotatable bonds is 10. The molecule has 0 radical (unpaired) electrons. The zero-order valence-electron chi connectivity index (χ0n) is 23.5. The van der Waals surface area contributed by atoms with E-state index < -0.39 is 78.7 Å². The van der Waals surface area contributed by atoms with Crippen molar-refractivity contribution in [1.29, 1.82) is 0 Å². The number of thioether (sulfide) groups is 1. The SMILES string of the molecule is Nc1nc2c(ncn2[C@@H]2S[C@H](CO)[C@H](F)[C@H]2OP(=O)(S)OC[C@@]23CC4(O[PH](=O)S)O[C@@H]([C@H](n5cnc6c(N)ncnc65)O2)[C@H]43)c(=O)[nH]1. The molecule has 252 valence electrons. The number of aromatic nitrogens is 8. The summed E-state index contributed by atoms with van der Waals surface area (Å²) in [6.07, 6.45) is -0.789. The van der Waals surface area contributed by atoms with Crippen LogP contribution in [0.2, 0.25) is 0 Å². The first-order valence-electron chi connectivity index (χ1n) is 13.8. The monoisotopic (exact) mass is 750 g/mol. The van der Waals surface area contributed by atoms with Crippen LogP contribution in [-0.2, 0) is 32.2 Å². The second-order valence-corrected chi connectivity index (χ2v) is 17.4. The van der Waals surface area contributed by atoms with E-state index in [0.29, 0.717) is 11.2 Å². The van der Waals surface area contributed by atoms with Crippen LogP contribution in [0.3, 0.4) is 0 Å². The quantitative estimate of drug-likeness (QED) is 0.0983. The number of alkyl halides is 1. The lowest BCUT2D eigenvalue weighted by Crippen LogP contribution is -2.77. The van der Waals surface area contributed by atoms with E-state index in [1.54, 1.807) is 4.57 Å². The van der Waals surface area contributed by atoms with E-state index in [1.807, 2.05) is 0 Å². The van der Waals surface area contributed by atoms with Crippen molar-refractivity contribution >= 4 is 84.4 Å². The molecule has 4 aromatic heterocycles. The fraction of sp³-hybridized carbons (Fsp3) is 0.545. The maximum atomic E-state index is 15.7. The minimum atomic E-state index is -4.38. The molecule has 11 atom stereocenters. The van der Waals surface area contributed by atoms with Crippen molar-refractivity contribution < 1.29 is 41.7 Å². The summed E-state index contributed by atoms with van der Waals surface area (Å²) in [6.45, 7) is -5.32. The average molecular weight is 751 g/mol. The van der Waals surface area contributed by atoms with Gasteiger partial charge in [-0.25, -0.2) is 28.9 Å². The van der Waals surface area contributed by atoms with E-state index in [1.165, 1.54) is 23.5 Å². The largest absolute Gasteiger partial charge is 0.395 e. The van der Waals surface area contributed by atoms with Crippen molar-refractivity contribution in [3.8, 4) is 0 Å². The van der Waals surface area contributed by atoms with Crippen molar-refractivity contribution in [2.75, 3.05) is 24.7 Å². The summed E-state index contributed by atoms with van der Waals surface area (Å²) in [6, 6.07) is 0. The molecule has 7 heterocycles. The Morgan fingerprint density at radius 2 is 1.98 bits per heavy atom. The highest BCUT2D eigenvalue weighted by Crippen LogP contribution is 2.73. The van der Waals surface area contributed by atoms with Gasteiger partial charge in [0, 0.05) is 6.42 Å². The number of aromatic amines is 1. The van der Waals surface area contributed by atoms with Crippen LogP contribution in [0, 0.1) is 5.92 Å². The molecular formula is C22H25FN10O9P2S3. The van der Waals surface area contributed by atoms with Crippen molar-refractivity contribution in [3.63, 3.8) is 0 Å². The maximum absolute atomic E-state index is 15.7. The summed E-state index contributed by atoms with van der Waals surface area (Å²) < 4.78 is 74.0. The number of aliphatic hydroxyl groups excluding tert-OH is 1. The third-order valence-corrected chi connectivity index (χ3v) is 12.6. The van der Waals surface area contributed by atoms with E-state index in [4.69, 9.17) is 34.5 Å². The average Bonchev–Trinajstić information content (AvgIpc) is 3.71. The number of halogens is 1. The number of thiol groups is 2. The number of fused-ring (bicyclic) bond motifs is 2. The maximum Gasteiger partial charge on any atom is 0.386 e. The number of aliphatic hydroxyl groups is 1. The van der Waals surface area contributed by atoms with Gasteiger partial charge in [-0.2, -0.15) is 4.98 Å². The molecule has 0 amide bonds. The van der Waals surface area contributed by atoms with Crippen molar-refractivity contribution in [2.24, 2.45) is 5.92 Å². The Kier molecular flexibility index (Phi) is 7.55. The van der Waals surface area contributed by atoms with E-state index >= 15 is 4.39 Å². The van der Waals surface area contributed by atoms with Gasteiger partial charge in [-0.1, -0.05) is 24.5 Å². The number of hydrogen-bond acceptors (Lipinski definition) is 17. The molecular weight excluding hydrogens is 725 g/mol. The zero-order valence-corrected chi connectivity index (χ0v) is 28.0. The van der Waals surface area contributed by atoms with Crippen LogP contribution in [0.4, 0.5) is 16.2 Å². The van der Waals surface area contributed by atoms with Crippen LogP contribution in [0.1, 0.15) is 18.0 Å². The normalized spacial score (nSPS) is 36.2. The second-order valence-electron chi connectivity index (χ2n) is 11.4. The fourth-order valence-corrected chi connectivity index (χ4v) is 10.8. The van der Waals surface area contributed by atoms with Gasteiger partial charge >= 0.3 is 6.80 Å². The van der Waals surface area contributed by atoms with Crippen molar-refractivity contribution in [2.45, 2.75) is 53.0 Å². The Labute approximate surface area is 277 Å². The lowest BCUT2D eigenvalue weighted by molar-refractivity contribution is -0.418. The molecule has 0 aromatic carbocycles. The molecule has 1 aliphatic carbocycles. The number of anilines is 2. The van der Waals surface area contributed by atoms with Gasteiger partial charge in [0.15, 0.2) is 34.6 Å². The van der Waals surface area contributed by atoms with Crippen LogP contribution in [0.5, 0.6) is 0 Å². The predicted molar refractivity (Wildman–Crippen MR) is 170 cm³/mol. The number of nitrogens with one attached hydrogen (secondary N) is 1. The first kappa shape index (κ1) is 31.9. The molecule has 6 N–H and O–H groups in total. The second kappa shape index (κ2) is 11.1. The number of ether oxygens (including phenoxy) is 2. The van der Waals surface area contributed by atoms with Gasteiger partial charge in [0.1, 0.15) is 41.2 Å². The van der Waals surface area contributed by atoms with E-state index in [2.05, 4.69) is 54.4 Å². The van der Waals surface area contributed by atoms with Gasteiger partial charge in [-0.05, 0) is 0 Å². The lowest BCUT2D eigenvalue weighted by Gasteiger charge is -2.64. The van der Waals surface area contributed by atoms with Gasteiger partial charge in [0.2, 0.25) is 13.2 Å². The molecule has 8 rings (SSSR count). The molecule has 3 saturated heterocycles. The van der Waals surface area contributed by atoms with Crippen molar-refractivity contribution in [3.05, 3.63) is 29.3 Å². The van der Waals surface area contributed by atoms with E-state index in [-0.39, 0.29) is 36.0 Å². The Morgan fingerprint density at radius 1 is 1.21 bits per heavy atom. The van der Waals surface area contributed by atoms with E-state index in [0.717, 1.165) is 11.8 Å². The van der Waals surface area contributed by atoms with Crippen LogP contribution >= 0.6 is 50.3 Å². The number of H-pyrrole nitrogens is 1. The van der Waals surface area contributed by atoms with Gasteiger partial charge in [-0.3, -0.25) is 37.0 Å². The van der Waals surface area contributed by atoms with Gasteiger partial charge in [-0.15, -0.1) is 11.8 Å². The molecule has 3 aliphatic heterocycles. The molecule has 0 bridgehead atoms. The number of imidazole rings is 2. The number of nitrogen functional groups attached to an aromatic ring is 2.